The van der Waals surface area contributed by atoms with Gasteiger partial charge in [0.25, 0.3) is 0 Å². The van der Waals surface area contributed by atoms with Crippen LogP contribution in [-0.4, -0.2) is 50.4 Å². The molecule has 3 saturated carbocycles. The summed E-state index contributed by atoms with van der Waals surface area (Å²) in [5.41, 5.74) is 4.29. The van der Waals surface area contributed by atoms with E-state index in [1.165, 1.54) is 18.2 Å². The number of benzene rings is 1. The van der Waals surface area contributed by atoms with Gasteiger partial charge in [-0.2, -0.15) is 0 Å². The Morgan fingerprint density at radius 2 is 1.67 bits per heavy atom. The minimum Gasteiger partial charge on any atom is -0.451 e. The third-order valence-electron chi connectivity index (χ3n) is 11.4. The van der Waals surface area contributed by atoms with E-state index in [1.54, 1.807) is 18.1 Å². The minimum absolute atomic E-state index is 0.00343. The van der Waals surface area contributed by atoms with E-state index in [0.29, 0.717) is 31.5 Å². The lowest BCUT2D eigenvalue weighted by Crippen LogP contribution is -2.57. The number of esters is 1. The van der Waals surface area contributed by atoms with Crippen LogP contribution in [0.25, 0.3) is 0 Å². The van der Waals surface area contributed by atoms with Crippen LogP contribution in [0, 0.1) is 22.7 Å². The molecule has 1 aromatic rings. The number of ketones is 1. The molecule has 1 aliphatic heterocycles. The molecule has 6 atom stereocenters. The summed E-state index contributed by atoms with van der Waals surface area (Å²) in [6, 6.07) is 8.98. The molecule has 6 heteroatoms. The van der Waals surface area contributed by atoms with Crippen molar-refractivity contribution < 1.29 is 23.8 Å². The van der Waals surface area contributed by atoms with Crippen LogP contribution in [0.15, 0.2) is 35.4 Å². The van der Waals surface area contributed by atoms with Crippen molar-refractivity contribution in [3.63, 3.8) is 0 Å². The first-order valence-corrected chi connectivity index (χ1v) is 14.9. The number of carbonyl (C=O) groups is 2. The number of fused-ring (bicyclic) bond motifs is 4. The highest BCUT2D eigenvalue weighted by molar-refractivity contribution is 5.89. The van der Waals surface area contributed by atoms with E-state index in [4.69, 9.17) is 14.2 Å². The molecular weight excluding hydrogens is 490 g/mol. The van der Waals surface area contributed by atoms with Crippen molar-refractivity contribution >= 4 is 17.4 Å². The fraction of sp³-hybridized carbons (Fsp3) is 0.697. The lowest BCUT2D eigenvalue weighted by atomic mass is 9.48. The summed E-state index contributed by atoms with van der Waals surface area (Å²) in [4.78, 5) is 27.9. The smallest absolute Gasteiger partial charge is 0.303 e. The first-order valence-electron chi connectivity index (χ1n) is 14.9. The number of hydrogen-bond donors (Lipinski definition) is 0. The normalized spacial score (nSPS) is 38.7. The molecule has 0 bridgehead atoms. The van der Waals surface area contributed by atoms with Crippen LogP contribution in [0.2, 0.25) is 0 Å². The summed E-state index contributed by atoms with van der Waals surface area (Å²) >= 11 is 0. The number of carbonyl (C=O) groups excluding carboxylic acids is 2. The standard InChI is InChI=1S/C33H45NO5/c1-21(35)33(39-22(2)36)16-13-27-25-11-14-30(3)20-32(37-17-18-38-32)15-12-28(30)29(25)26(19-31(27,33)4)23-7-9-24(10-8-23)34(5)6/h7-10,25-27H,11-20H2,1-6H3/t25?,26-,27?,30+,31+,33+/m1/s1. The van der Waals surface area contributed by atoms with Crippen LogP contribution in [-0.2, 0) is 23.8 Å². The van der Waals surface area contributed by atoms with Crippen LogP contribution in [0.5, 0.6) is 0 Å². The number of ether oxygens (including phenoxy) is 3. The molecule has 4 aliphatic carbocycles. The summed E-state index contributed by atoms with van der Waals surface area (Å²) in [6.45, 7) is 9.15. The Balaban J connectivity index is 1.49. The van der Waals surface area contributed by atoms with Gasteiger partial charge < -0.3 is 19.1 Å². The first kappa shape index (κ1) is 27.0. The van der Waals surface area contributed by atoms with Gasteiger partial charge in [0.05, 0.1) is 13.2 Å². The van der Waals surface area contributed by atoms with Crippen LogP contribution >= 0.6 is 0 Å². The Kier molecular flexibility index (Phi) is 6.35. The quantitative estimate of drug-likeness (QED) is 0.339. The summed E-state index contributed by atoms with van der Waals surface area (Å²) in [5.74, 6) is 0.115. The average molecular weight is 536 g/mol. The zero-order valence-electron chi connectivity index (χ0n) is 24.6. The van der Waals surface area contributed by atoms with Crippen molar-refractivity contribution in [3.05, 3.63) is 41.0 Å². The number of anilines is 1. The second-order valence-electron chi connectivity index (χ2n) is 13.7. The molecule has 6 nitrogen and oxygen atoms in total. The van der Waals surface area contributed by atoms with E-state index >= 15 is 0 Å². The molecular formula is C33H45NO5. The van der Waals surface area contributed by atoms with Gasteiger partial charge in [0.2, 0.25) is 0 Å². The molecule has 212 valence electrons. The van der Waals surface area contributed by atoms with Crippen LogP contribution < -0.4 is 4.90 Å². The fourth-order valence-corrected chi connectivity index (χ4v) is 9.75. The van der Waals surface area contributed by atoms with Crippen molar-refractivity contribution in [2.24, 2.45) is 22.7 Å². The molecule has 6 rings (SSSR count). The van der Waals surface area contributed by atoms with Crippen molar-refractivity contribution in [2.75, 3.05) is 32.2 Å². The summed E-state index contributed by atoms with van der Waals surface area (Å²) in [5, 5.41) is 0. The largest absolute Gasteiger partial charge is 0.451 e. The second kappa shape index (κ2) is 9.17. The Hall–Kier alpha value is -2.18. The van der Waals surface area contributed by atoms with Crippen LogP contribution in [0.1, 0.15) is 90.5 Å². The van der Waals surface area contributed by atoms with Gasteiger partial charge in [-0.1, -0.05) is 37.1 Å². The van der Waals surface area contributed by atoms with Crippen LogP contribution in [0.4, 0.5) is 5.69 Å². The highest BCUT2D eigenvalue weighted by atomic mass is 16.7. The molecule has 1 saturated heterocycles. The molecule has 0 N–H and O–H groups in total. The molecule has 39 heavy (non-hydrogen) atoms. The Morgan fingerprint density at radius 3 is 2.28 bits per heavy atom. The molecule has 0 aromatic heterocycles. The van der Waals surface area contributed by atoms with Gasteiger partial charge in [0.1, 0.15) is 0 Å². The Labute approximate surface area is 233 Å². The van der Waals surface area contributed by atoms with Gasteiger partial charge in [-0.25, -0.2) is 0 Å². The number of hydrogen-bond acceptors (Lipinski definition) is 6. The highest BCUT2D eigenvalue weighted by Crippen LogP contribution is 2.70. The van der Waals surface area contributed by atoms with E-state index in [1.807, 2.05) is 0 Å². The Bertz CT molecular complexity index is 1200. The van der Waals surface area contributed by atoms with Crippen LogP contribution in [0.3, 0.4) is 0 Å². The van der Waals surface area contributed by atoms with Crippen molar-refractivity contribution in [2.45, 2.75) is 96.4 Å². The van der Waals surface area contributed by atoms with E-state index in [0.717, 1.165) is 44.9 Å². The third kappa shape index (κ3) is 3.95. The molecule has 0 amide bonds. The molecule has 0 radical (unpaired) electrons. The average Bonchev–Trinajstić information content (AvgIpc) is 3.44. The monoisotopic (exact) mass is 535 g/mol. The SMILES string of the molecule is CC(=O)O[C@]1(C(C)=O)CCC2C3CC[C@@]4(C)CC5(CCC4=C3[C@@H](c3ccc(N(C)C)cc3)C[C@@]21C)OCCO5. The topological polar surface area (TPSA) is 65.1 Å². The molecule has 1 heterocycles. The highest BCUT2D eigenvalue weighted by Gasteiger charge is 2.68. The van der Waals surface area contributed by atoms with Gasteiger partial charge in [-0.15, -0.1) is 0 Å². The predicted molar refractivity (Wildman–Crippen MR) is 150 cm³/mol. The third-order valence-corrected chi connectivity index (χ3v) is 11.4. The van der Waals surface area contributed by atoms with Gasteiger partial charge in [-0.3, -0.25) is 9.59 Å². The summed E-state index contributed by atoms with van der Waals surface area (Å²) in [6.07, 6.45) is 7.38. The van der Waals surface area contributed by atoms with Crippen molar-refractivity contribution in [3.8, 4) is 0 Å². The number of allylic oxidation sites excluding steroid dienone is 2. The van der Waals surface area contributed by atoms with E-state index in [-0.39, 0.29) is 23.1 Å². The lowest BCUT2D eigenvalue weighted by molar-refractivity contribution is -0.194. The zero-order valence-corrected chi connectivity index (χ0v) is 24.6. The Morgan fingerprint density at radius 1 is 0.974 bits per heavy atom. The van der Waals surface area contributed by atoms with Crippen molar-refractivity contribution in [1.82, 2.24) is 0 Å². The predicted octanol–water partition coefficient (Wildman–Crippen LogP) is 6.19. The summed E-state index contributed by atoms with van der Waals surface area (Å²) < 4.78 is 18.5. The molecule has 5 aliphatic rings. The number of Topliss-reactive ketones (excluding diaryl/α,β-unsaturated/α-hetero) is 1. The van der Waals surface area contributed by atoms with Gasteiger partial charge in [0, 0.05) is 50.9 Å². The van der Waals surface area contributed by atoms with E-state index in [2.05, 4.69) is 57.1 Å². The molecule has 4 fully saturated rings. The van der Waals surface area contributed by atoms with E-state index in [9.17, 15) is 9.59 Å². The zero-order chi connectivity index (χ0) is 27.8. The maximum Gasteiger partial charge on any atom is 0.303 e. The van der Waals surface area contributed by atoms with Gasteiger partial charge >= 0.3 is 5.97 Å². The lowest BCUT2D eigenvalue weighted by Gasteiger charge is -2.58. The maximum atomic E-state index is 13.4. The number of rotatable bonds is 4. The van der Waals surface area contributed by atoms with E-state index < -0.39 is 16.8 Å². The first-order chi connectivity index (χ1) is 18.4. The molecule has 2 unspecified atom stereocenters. The van der Waals surface area contributed by atoms with Gasteiger partial charge in [0.15, 0.2) is 17.2 Å². The molecule has 1 spiro atoms. The minimum atomic E-state index is -1.05. The van der Waals surface area contributed by atoms with Crippen molar-refractivity contribution in [1.29, 1.82) is 0 Å². The van der Waals surface area contributed by atoms with Gasteiger partial charge in [-0.05, 0) is 80.4 Å². The maximum absolute atomic E-state index is 13.4. The fourth-order valence-electron chi connectivity index (χ4n) is 9.75. The summed E-state index contributed by atoms with van der Waals surface area (Å²) in [7, 11) is 4.14. The number of nitrogens with zero attached hydrogens (tertiary/aromatic N) is 1. The molecule has 1 aromatic carbocycles. The second-order valence-corrected chi connectivity index (χ2v) is 13.7.